The highest BCUT2D eigenvalue weighted by molar-refractivity contribution is 7.89. The van der Waals surface area contributed by atoms with Crippen molar-refractivity contribution >= 4 is 27.5 Å². The van der Waals surface area contributed by atoms with Crippen LogP contribution in [-0.4, -0.2) is 67.5 Å². The molecule has 1 N–H and O–H groups in total. The van der Waals surface area contributed by atoms with E-state index in [9.17, 15) is 31.5 Å². The van der Waals surface area contributed by atoms with E-state index in [0.29, 0.717) is 34.9 Å². The third-order valence-electron chi connectivity index (χ3n) is 8.68. The van der Waals surface area contributed by atoms with Crippen LogP contribution in [0.15, 0.2) is 41.6 Å². The molecule has 2 atom stereocenters. The van der Waals surface area contributed by atoms with Crippen LogP contribution in [0.2, 0.25) is 0 Å². The summed E-state index contributed by atoms with van der Waals surface area (Å²) in [6, 6.07) is 6.44. The molecule has 2 aliphatic heterocycles. The molecule has 11 nitrogen and oxygen atoms in total. The lowest BCUT2D eigenvalue weighted by Gasteiger charge is -2.36. The summed E-state index contributed by atoms with van der Waals surface area (Å²) < 4.78 is 70.9. The fourth-order valence-corrected chi connectivity index (χ4v) is 8.03. The number of fused-ring (bicyclic) bond motifs is 4. The molecule has 0 saturated carbocycles. The summed E-state index contributed by atoms with van der Waals surface area (Å²) in [5.41, 5.74) is 2.98. The quantitative estimate of drug-likeness (QED) is 0.319. The van der Waals surface area contributed by atoms with E-state index in [0.717, 1.165) is 34.8 Å². The number of anilines is 1. The van der Waals surface area contributed by atoms with E-state index < -0.39 is 40.3 Å². The molecule has 1 saturated heterocycles. The number of aryl methyl sites for hydroxylation is 3. The Morgan fingerprint density at radius 1 is 1.13 bits per heavy atom. The van der Waals surface area contributed by atoms with Crippen molar-refractivity contribution in [3.05, 3.63) is 76.1 Å². The molecular weight excluding hydrogens is 611 g/mol. The van der Waals surface area contributed by atoms with Gasteiger partial charge in [-0.1, -0.05) is 6.07 Å². The molecule has 0 radical (unpaired) electrons. The fraction of sp³-hybridized carbons (Fsp3) is 0.433. The second kappa shape index (κ2) is 11.4. The number of pyridine rings is 3. The first-order valence-electron chi connectivity index (χ1n) is 14.6. The SMILES string of the molecule is Cc1cnc2c(c1)S(=O)(=O)N(Cc1nc([C@@H](CC(=O)O)c3ccn4c(C(F)(F)F)nnc4c3C)ccc1C)C[C@H]1CCCCN21. The number of alkyl halides is 3. The van der Waals surface area contributed by atoms with Crippen LogP contribution in [0.5, 0.6) is 0 Å². The number of sulfonamides is 1. The number of aliphatic carboxylic acids is 1. The topological polar surface area (TPSA) is 134 Å². The van der Waals surface area contributed by atoms with E-state index in [2.05, 4.69) is 20.1 Å². The summed E-state index contributed by atoms with van der Waals surface area (Å²) in [5, 5.41) is 16.9. The van der Waals surface area contributed by atoms with Gasteiger partial charge in [0.1, 0.15) is 10.7 Å². The Morgan fingerprint density at radius 2 is 1.91 bits per heavy atom. The number of rotatable bonds is 6. The Kier molecular flexibility index (Phi) is 7.80. The van der Waals surface area contributed by atoms with E-state index >= 15 is 0 Å². The van der Waals surface area contributed by atoms with Crippen LogP contribution in [0.25, 0.3) is 5.65 Å². The molecule has 0 bridgehead atoms. The van der Waals surface area contributed by atoms with Crippen molar-refractivity contribution in [3.8, 4) is 0 Å². The average Bonchev–Trinajstić information content (AvgIpc) is 3.40. The minimum atomic E-state index is -4.72. The highest BCUT2D eigenvalue weighted by Gasteiger charge is 2.40. The van der Waals surface area contributed by atoms with Crippen LogP contribution < -0.4 is 4.90 Å². The maximum Gasteiger partial charge on any atom is 0.452 e. The number of carboxylic acid groups (broad SMARTS) is 1. The molecule has 4 aromatic rings. The Bertz CT molecular complexity index is 1910. The summed E-state index contributed by atoms with van der Waals surface area (Å²) in [6.45, 7) is 6.08. The number of hydrogen-bond donors (Lipinski definition) is 1. The van der Waals surface area contributed by atoms with Gasteiger partial charge < -0.3 is 10.0 Å². The maximum absolute atomic E-state index is 14.1. The molecule has 0 unspecified atom stereocenters. The molecule has 4 aromatic heterocycles. The monoisotopic (exact) mass is 643 g/mol. The summed E-state index contributed by atoms with van der Waals surface area (Å²) >= 11 is 0. The number of carbonyl (C=O) groups is 1. The normalized spacial score (nSPS) is 19.2. The largest absolute Gasteiger partial charge is 0.481 e. The zero-order chi connectivity index (χ0) is 32.3. The minimum Gasteiger partial charge on any atom is -0.481 e. The first-order chi connectivity index (χ1) is 21.3. The predicted molar refractivity (Wildman–Crippen MR) is 157 cm³/mol. The number of aromatic nitrogens is 5. The molecule has 238 valence electrons. The zero-order valence-corrected chi connectivity index (χ0v) is 25.7. The van der Waals surface area contributed by atoms with Crippen molar-refractivity contribution in [1.29, 1.82) is 0 Å². The van der Waals surface area contributed by atoms with Gasteiger partial charge in [0.25, 0.3) is 0 Å². The summed E-state index contributed by atoms with van der Waals surface area (Å²) in [6.07, 6.45) is 0.461. The molecular formula is C30H32F3N7O4S. The van der Waals surface area contributed by atoms with Crippen LogP contribution in [0.1, 0.15) is 71.1 Å². The van der Waals surface area contributed by atoms with E-state index in [1.807, 2.05) is 6.92 Å². The lowest BCUT2D eigenvalue weighted by atomic mass is 9.89. The standard InChI is InChI=1S/C30H32F3N7O4S/c1-17-12-25-28(34-14-17)39-10-5-4-6-20(39)15-38(45(25,43)44)16-24-18(2)7-8-23(35-24)22(13-26(41)42)21-9-11-40-27(19(21)3)36-37-29(40)30(31,32)33/h7-9,11-12,14,20,22H,4-6,10,13,15-16H2,1-3H3,(H,41,42)/t20-,22+/m1/s1. The molecule has 0 amide bonds. The smallest absolute Gasteiger partial charge is 0.452 e. The van der Waals surface area contributed by atoms with Gasteiger partial charge in [0, 0.05) is 43.1 Å². The van der Waals surface area contributed by atoms with E-state index in [4.69, 9.17) is 4.98 Å². The van der Waals surface area contributed by atoms with E-state index in [1.54, 1.807) is 38.2 Å². The van der Waals surface area contributed by atoms with Crippen LogP contribution >= 0.6 is 0 Å². The van der Waals surface area contributed by atoms with Crippen molar-refractivity contribution < 1.29 is 31.5 Å². The summed E-state index contributed by atoms with van der Waals surface area (Å²) in [4.78, 5) is 23.6. The summed E-state index contributed by atoms with van der Waals surface area (Å²) in [7, 11) is -3.97. The molecule has 6 heterocycles. The van der Waals surface area contributed by atoms with Crippen LogP contribution in [0.3, 0.4) is 0 Å². The van der Waals surface area contributed by atoms with Gasteiger partial charge in [-0.3, -0.25) is 14.2 Å². The van der Waals surface area contributed by atoms with Gasteiger partial charge in [0.2, 0.25) is 15.8 Å². The molecule has 6 rings (SSSR count). The first-order valence-corrected chi connectivity index (χ1v) is 16.0. The van der Waals surface area contributed by atoms with E-state index in [1.165, 1.54) is 16.6 Å². The van der Waals surface area contributed by atoms with Crippen molar-refractivity contribution in [2.24, 2.45) is 0 Å². The van der Waals surface area contributed by atoms with Gasteiger partial charge >= 0.3 is 12.1 Å². The summed E-state index contributed by atoms with van der Waals surface area (Å²) in [5.74, 6) is -2.70. The number of piperidine rings is 1. The second-order valence-electron chi connectivity index (χ2n) is 11.7. The first kappa shape index (κ1) is 30.9. The zero-order valence-electron chi connectivity index (χ0n) is 24.9. The third-order valence-corrected chi connectivity index (χ3v) is 10.5. The van der Waals surface area contributed by atoms with Crippen molar-refractivity contribution in [1.82, 2.24) is 28.9 Å². The molecule has 0 aromatic carbocycles. The fourth-order valence-electron chi connectivity index (χ4n) is 6.36. The number of nitrogens with zero attached hydrogens (tertiary/aromatic N) is 7. The second-order valence-corrected chi connectivity index (χ2v) is 13.6. The van der Waals surface area contributed by atoms with E-state index in [-0.39, 0.29) is 29.7 Å². The minimum absolute atomic E-state index is 0.0437. The van der Waals surface area contributed by atoms with Crippen LogP contribution in [0.4, 0.5) is 19.0 Å². The van der Waals surface area contributed by atoms with Gasteiger partial charge in [-0.25, -0.2) is 13.4 Å². The Morgan fingerprint density at radius 3 is 2.64 bits per heavy atom. The van der Waals surface area contributed by atoms with Gasteiger partial charge in [0.15, 0.2) is 5.65 Å². The van der Waals surface area contributed by atoms with Gasteiger partial charge in [-0.05, 0) is 80.5 Å². The molecule has 1 fully saturated rings. The number of hydrogen-bond acceptors (Lipinski definition) is 8. The average molecular weight is 644 g/mol. The maximum atomic E-state index is 14.1. The van der Waals surface area contributed by atoms with Gasteiger partial charge in [-0.2, -0.15) is 17.5 Å². The molecule has 0 aliphatic carbocycles. The molecule has 2 aliphatic rings. The van der Waals surface area contributed by atoms with Crippen molar-refractivity contribution in [2.45, 2.75) is 76.0 Å². The Hall–Kier alpha value is -4.11. The molecule has 0 spiro atoms. The van der Waals surface area contributed by atoms with Gasteiger partial charge in [-0.15, -0.1) is 10.2 Å². The highest BCUT2D eigenvalue weighted by atomic mass is 32.2. The third kappa shape index (κ3) is 5.63. The van der Waals surface area contributed by atoms with Crippen LogP contribution in [0, 0.1) is 20.8 Å². The Labute approximate surface area is 257 Å². The van der Waals surface area contributed by atoms with Crippen molar-refractivity contribution in [2.75, 3.05) is 18.0 Å². The highest BCUT2D eigenvalue weighted by Crippen LogP contribution is 2.37. The van der Waals surface area contributed by atoms with Crippen molar-refractivity contribution in [3.63, 3.8) is 0 Å². The predicted octanol–water partition coefficient (Wildman–Crippen LogP) is 4.63. The Balaban J connectivity index is 1.41. The molecule has 15 heteroatoms. The number of carboxylic acids is 1. The lowest BCUT2D eigenvalue weighted by molar-refractivity contribution is -0.145. The molecule has 45 heavy (non-hydrogen) atoms. The lowest BCUT2D eigenvalue weighted by Crippen LogP contribution is -2.45. The van der Waals surface area contributed by atoms with Gasteiger partial charge in [0.05, 0.1) is 18.7 Å². The van der Waals surface area contributed by atoms with Crippen LogP contribution in [-0.2, 0) is 27.5 Å². The number of halogens is 3.